The lowest BCUT2D eigenvalue weighted by atomic mass is 9.99. The Morgan fingerprint density at radius 1 is 0.806 bits per heavy atom. The summed E-state index contributed by atoms with van der Waals surface area (Å²) in [5.74, 6) is -0.821. The SMILES string of the molecule is O=C(CN1CCCc2c(NC(=O)c3ccc(F)cc3)cccc21)Nc1ccccc1N1CCCC1=O. The number of nitrogens with zero attached hydrogens (tertiary/aromatic N) is 2. The van der Waals surface area contributed by atoms with Crippen molar-refractivity contribution in [1.82, 2.24) is 0 Å². The molecule has 1 fully saturated rings. The second kappa shape index (κ2) is 10.2. The van der Waals surface area contributed by atoms with E-state index in [2.05, 4.69) is 10.6 Å². The van der Waals surface area contributed by atoms with Gasteiger partial charge in [0.05, 0.1) is 17.9 Å². The fourth-order valence-corrected chi connectivity index (χ4v) is 4.86. The molecule has 2 aliphatic heterocycles. The average Bonchev–Trinajstić information content (AvgIpc) is 3.31. The molecule has 5 rings (SSSR count). The van der Waals surface area contributed by atoms with Gasteiger partial charge < -0.3 is 20.4 Å². The fourth-order valence-electron chi connectivity index (χ4n) is 4.86. The molecule has 2 aliphatic rings. The monoisotopic (exact) mass is 486 g/mol. The van der Waals surface area contributed by atoms with Crippen LogP contribution in [0, 0.1) is 5.82 Å². The number of anilines is 4. The molecule has 3 amide bonds. The van der Waals surface area contributed by atoms with Crippen LogP contribution in [0.15, 0.2) is 66.7 Å². The van der Waals surface area contributed by atoms with Gasteiger partial charge in [-0.05, 0) is 73.4 Å². The first-order chi connectivity index (χ1) is 17.5. The summed E-state index contributed by atoms with van der Waals surface area (Å²) in [5.41, 5.74) is 4.26. The van der Waals surface area contributed by atoms with Crippen molar-refractivity contribution in [2.75, 3.05) is 40.1 Å². The Labute approximate surface area is 208 Å². The van der Waals surface area contributed by atoms with Gasteiger partial charge in [0, 0.05) is 36.4 Å². The maximum absolute atomic E-state index is 13.2. The molecular formula is C28H27FN4O3. The van der Waals surface area contributed by atoms with Gasteiger partial charge in [0.15, 0.2) is 0 Å². The Morgan fingerprint density at radius 3 is 2.31 bits per heavy atom. The molecule has 3 aromatic carbocycles. The number of benzene rings is 3. The zero-order valence-corrected chi connectivity index (χ0v) is 19.8. The first-order valence-corrected chi connectivity index (χ1v) is 12.1. The highest BCUT2D eigenvalue weighted by atomic mass is 19.1. The third-order valence-corrected chi connectivity index (χ3v) is 6.58. The molecule has 0 radical (unpaired) electrons. The Balaban J connectivity index is 1.31. The summed E-state index contributed by atoms with van der Waals surface area (Å²) in [4.78, 5) is 41.7. The van der Waals surface area contributed by atoms with Crippen molar-refractivity contribution in [2.24, 2.45) is 0 Å². The highest BCUT2D eigenvalue weighted by Gasteiger charge is 2.26. The van der Waals surface area contributed by atoms with Crippen LogP contribution in [0.3, 0.4) is 0 Å². The van der Waals surface area contributed by atoms with Gasteiger partial charge in [0.2, 0.25) is 11.8 Å². The average molecular weight is 487 g/mol. The molecule has 7 nitrogen and oxygen atoms in total. The zero-order chi connectivity index (χ0) is 25.1. The smallest absolute Gasteiger partial charge is 0.255 e. The standard InChI is InChI=1S/C28H27FN4O3/c29-20-14-12-19(13-15-20)28(36)31-22-8-3-10-24-21(22)6-4-16-32(24)18-26(34)30-23-7-1-2-9-25(23)33-17-5-11-27(33)35/h1-3,7-10,12-15H,4-6,11,16-18H2,(H,30,34)(H,31,36). The van der Waals surface area contributed by atoms with Gasteiger partial charge in [-0.15, -0.1) is 0 Å². The van der Waals surface area contributed by atoms with Crippen LogP contribution in [0.2, 0.25) is 0 Å². The minimum atomic E-state index is -0.396. The van der Waals surface area contributed by atoms with Gasteiger partial charge >= 0.3 is 0 Å². The molecule has 184 valence electrons. The normalized spacial score (nSPS) is 15.0. The summed E-state index contributed by atoms with van der Waals surface area (Å²) >= 11 is 0. The largest absolute Gasteiger partial charge is 0.362 e. The Morgan fingerprint density at radius 2 is 1.53 bits per heavy atom. The molecule has 1 saturated heterocycles. The summed E-state index contributed by atoms with van der Waals surface area (Å²) in [7, 11) is 0. The van der Waals surface area contributed by atoms with Crippen LogP contribution < -0.4 is 20.4 Å². The first kappa shape index (κ1) is 23.5. The molecule has 0 aliphatic carbocycles. The molecule has 0 aromatic heterocycles. The molecule has 0 spiro atoms. The van der Waals surface area contributed by atoms with Crippen LogP contribution in [0.5, 0.6) is 0 Å². The zero-order valence-electron chi connectivity index (χ0n) is 19.8. The number of carbonyl (C=O) groups excluding carboxylic acids is 3. The van der Waals surface area contributed by atoms with Gasteiger partial charge in [0.1, 0.15) is 5.82 Å². The van der Waals surface area contributed by atoms with Crippen molar-refractivity contribution in [3.05, 3.63) is 83.7 Å². The Bertz CT molecular complexity index is 1310. The van der Waals surface area contributed by atoms with Crippen LogP contribution in [0.1, 0.15) is 35.2 Å². The van der Waals surface area contributed by atoms with Crippen molar-refractivity contribution < 1.29 is 18.8 Å². The number of hydrogen-bond acceptors (Lipinski definition) is 4. The van der Waals surface area contributed by atoms with E-state index >= 15 is 0 Å². The molecule has 2 N–H and O–H groups in total. The predicted octanol–water partition coefficient (Wildman–Crippen LogP) is 4.60. The van der Waals surface area contributed by atoms with Gasteiger partial charge in [-0.1, -0.05) is 18.2 Å². The van der Waals surface area contributed by atoms with E-state index in [9.17, 15) is 18.8 Å². The molecule has 0 unspecified atom stereocenters. The van der Waals surface area contributed by atoms with Crippen molar-refractivity contribution in [1.29, 1.82) is 0 Å². The predicted molar refractivity (Wildman–Crippen MR) is 138 cm³/mol. The van der Waals surface area contributed by atoms with E-state index in [1.165, 1.54) is 24.3 Å². The topological polar surface area (TPSA) is 81.8 Å². The number of amides is 3. The number of carbonyl (C=O) groups is 3. The van der Waals surface area contributed by atoms with E-state index < -0.39 is 5.82 Å². The molecule has 0 saturated carbocycles. The lowest BCUT2D eigenvalue weighted by molar-refractivity contribution is -0.117. The van der Waals surface area contributed by atoms with Crippen LogP contribution in [-0.4, -0.2) is 37.4 Å². The lowest BCUT2D eigenvalue weighted by Crippen LogP contribution is -2.37. The van der Waals surface area contributed by atoms with Crippen molar-refractivity contribution in [3.8, 4) is 0 Å². The van der Waals surface area contributed by atoms with Crippen molar-refractivity contribution >= 4 is 40.5 Å². The van der Waals surface area contributed by atoms with Crippen LogP contribution in [0.25, 0.3) is 0 Å². The first-order valence-electron chi connectivity index (χ1n) is 12.1. The number of hydrogen-bond donors (Lipinski definition) is 2. The van der Waals surface area contributed by atoms with E-state index in [0.29, 0.717) is 36.4 Å². The number of halogens is 1. The maximum Gasteiger partial charge on any atom is 0.255 e. The molecule has 3 aromatic rings. The van der Waals surface area contributed by atoms with Gasteiger partial charge in [-0.3, -0.25) is 14.4 Å². The third-order valence-electron chi connectivity index (χ3n) is 6.58. The number of para-hydroxylation sites is 2. The summed E-state index contributed by atoms with van der Waals surface area (Å²) in [6.45, 7) is 1.50. The second-order valence-corrected chi connectivity index (χ2v) is 9.00. The van der Waals surface area contributed by atoms with Gasteiger partial charge in [-0.2, -0.15) is 0 Å². The van der Waals surface area contributed by atoms with E-state index in [4.69, 9.17) is 0 Å². The minimum absolute atomic E-state index is 0.0665. The minimum Gasteiger partial charge on any atom is -0.362 e. The van der Waals surface area contributed by atoms with Gasteiger partial charge in [-0.25, -0.2) is 4.39 Å². The second-order valence-electron chi connectivity index (χ2n) is 9.00. The molecule has 8 heteroatoms. The van der Waals surface area contributed by atoms with Crippen LogP contribution >= 0.6 is 0 Å². The molecule has 2 heterocycles. The van der Waals surface area contributed by atoms with Crippen LogP contribution in [-0.2, 0) is 16.0 Å². The third kappa shape index (κ3) is 4.93. The molecule has 0 atom stereocenters. The van der Waals surface area contributed by atoms with Crippen molar-refractivity contribution in [3.63, 3.8) is 0 Å². The quantitative estimate of drug-likeness (QED) is 0.534. The highest BCUT2D eigenvalue weighted by Crippen LogP contribution is 2.34. The summed E-state index contributed by atoms with van der Waals surface area (Å²) < 4.78 is 13.2. The summed E-state index contributed by atoms with van der Waals surface area (Å²) in [6, 6.07) is 18.4. The Hall–Kier alpha value is -4.20. The molecular weight excluding hydrogens is 459 g/mol. The number of nitrogens with one attached hydrogen (secondary N) is 2. The number of rotatable bonds is 6. The Kier molecular flexibility index (Phi) is 6.66. The van der Waals surface area contributed by atoms with E-state index in [0.717, 1.165) is 36.2 Å². The van der Waals surface area contributed by atoms with E-state index in [1.807, 2.05) is 47.4 Å². The van der Waals surface area contributed by atoms with E-state index in [-0.39, 0.29) is 24.3 Å². The molecule has 0 bridgehead atoms. The van der Waals surface area contributed by atoms with E-state index in [1.54, 1.807) is 4.90 Å². The van der Waals surface area contributed by atoms with Gasteiger partial charge in [0.25, 0.3) is 5.91 Å². The van der Waals surface area contributed by atoms with Crippen molar-refractivity contribution in [2.45, 2.75) is 25.7 Å². The molecule has 36 heavy (non-hydrogen) atoms. The summed E-state index contributed by atoms with van der Waals surface area (Å²) in [5, 5.41) is 5.92. The fraction of sp³-hybridized carbons (Fsp3) is 0.250. The lowest BCUT2D eigenvalue weighted by Gasteiger charge is -2.32. The van der Waals surface area contributed by atoms with Crippen LogP contribution in [0.4, 0.5) is 27.1 Å². The number of fused-ring (bicyclic) bond motifs is 1. The summed E-state index contributed by atoms with van der Waals surface area (Å²) in [6.07, 6.45) is 2.94. The highest BCUT2D eigenvalue weighted by molar-refractivity contribution is 6.05. The maximum atomic E-state index is 13.2.